The Labute approximate surface area is 173 Å². The molecule has 11 heteroatoms. The van der Waals surface area contributed by atoms with Crippen molar-refractivity contribution >= 4 is 38.3 Å². The fourth-order valence-corrected chi connectivity index (χ4v) is 5.03. The minimum absolute atomic E-state index is 0.127. The maximum absolute atomic E-state index is 12.8. The van der Waals surface area contributed by atoms with Crippen molar-refractivity contribution in [2.75, 3.05) is 26.7 Å². The predicted molar refractivity (Wildman–Crippen MR) is 110 cm³/mol. The number of nitrogens with zero attached hydrogens (tertiary/aromatic N) is 5. The number of benzene rings is 1. The smallest absolute Gasteiger partial charge is 0.263 e. The van der Waals surface area contributed by atoms with Gasteiger partial charge in [0.1, 0.15) is 11.0 Å². The van der Waals surface area contributed by atoms with E-state index in [0.29, 0.717) is 30.7 Å². The maximum atomic E-state index is 12.8. The third-order valence-electron chi connectivity index (χ3n) is 4.44. The molecule has 0 bridgehead atoms. The van der Waals surface area contributed by atoms with Crippen molar-refractivity contribution in [3.63, 3.8) is 0 Å². The molecule has 2 heterocycles. The molecule has 9 nitrogen and oxygen atoms in total. The molecule has 0 saturated carbocycles. The molecule has 2 aromatic heterocycles. The Morgan fingerprint density at radius 1 is 1.24 bits per heavy atom. The van der Waals surface area contributed by atoms with E-state index in [9.17, 15) is 13.2 Å². The Morgan fingerprint density at radius 2 is 2.00 bits per heavy atom. The molecule has 0 saturated heterocycles. The molecule has 29 heavy (non-hydrogen) atoms. The number of aromatic nitrogens is 3. The van der Waals surface area contributed by atoms with Crippen LogP contribution >= 0.6 is 11.3 Å². The van der Waals surface area contributed by atoms with Gasteiger partial charge in [-0.25, -0.2) is 8.42 Å². The van der Waals surface area contributed by atoms with E-state index in [2.05, 4.69) is 10.3 Å². The predicted octanol–water partition coefficient (Wildman–Crippen LogP) is 1.61. The third kappa shape index (κ3) is 4.57. The number of carbonyl (C=O) groups excluding carboxylic acids is 1. The topological polar surface area (TPSA) is 97.6 Å². The molecule has 0 atom stereocenters. The van der Waals surface area contributed by atoms with Crippen molar-refractivity contribution in [3.05, 3.63) is 40.6 Å². The Morgan fingerprint density at radius 3 is 2.66 bits per heavy atom. The average molecular weight is 438 g/mol. The van der Waals surface area contributed by atoms with Gasteiger partial charge in [0.2, 0.25) is 10.0 Å². The monoisotopic (exact) mass is 437 g/mol. The summed E-state index contributed by atoms with van der Waals surface area (Å²) in [7, 11) is -1.93. The van der Waals surface area contributed by atoms with Gasteiger partial charge in [-0.3, -0.25) is 4.79 Å². The molecule has 0 aliphatic carbocycles. The normalized spacial score (nSPS) is 11.9. The molecular formula is C18H23N5O4S2. The zero-order valence-corrected chi connectivity index (χ0v) is 18.1. The fourth-order valence-electron chi connectivity index (χ4n) is 2.80. The summed E-state index contributed by atoms with van der Waals surface area (Å²) in [6.45, 7) is 4.56. The lowest BCUT2D eigenvalue weighted by Crippen LogP contribution is -2.33. The van der Waals surface area contributed by atoms with E-state index in [1.165, 1.54) is 16.4 Å². The van der Waals surface area contributed by atoms with E-state index in [4.69, 9.17) is 4.84 Å². The second-order valence-corrected chi connectivity index (χ2v) is 9.28. The first kappa shape index (κ1) is 21.2. The number of sulfonamides is 1. The largest absolute Gasteiger partial charge is 0.385 e. The van der Waals surface area contributed by atoms with Gasteiger partial charge in [-0.1, -0.05) is 24.8 Å². The van der Waals surface area contributed by atoms with E-state index >= 15 is 0 Å². The van der Waals surface area contributed by atoms with Gasteiger partial charge in [-0.2, -0.15) is 4.31 Å². The van der Waals surface area contributed by atoms with Gasteiger partial charge >= 0.3 is 0 Å². The second-order valence-electron chi connectivity index (χ2n) is 6.30. The summed E-state index contributed by atoms with van der Waals surface area (Å²) < 4.78 is 26.9. The molecule has 0 unspecified atom stereocenters. The Bertz CT molecular complexity index is 1080. The van der Waals surface area contributed by atoms with Crippen LogP contribution in [0, 0.1) is 0 Å². The molecule has 0 aliphatic rings. The van der Waals surface area contributed by atoms with Crippen LogP contribution in [0.5, 0.6) is 0 Å². The second kappa shape index (κ2) is 8.89. The van der Waals surface area contributed by atoms with Crippen LogP contribution in [0.3, 0.4) is 0 Å². The van der Waals surface area contributed by atoms with Gasteiger partial charge < -0.3 is 9.74 Å². The van der Waals surface area contributed by atoms with Crippen LogP contribution in [0.25, 0.3) is 11.0 Å². The van der Waals surface area contributed by atoms with Gasteiger partial charge in [0.15, 0.2) is 6.61 Å². The number of thiophene rings is 1. The lowest BCUT2D eigenvalue weighted by Gasteiger charge is -2.18. The zero-order chi connectivity index (χ0) is 21.0. The number of fused-ring (bicyclic) bond motifs is 1. The molecule has 0 spiro atoms. The van der Waals surface area contributed by atoms with Gasteiger partial charge in [-0.05, 0) is 34.9 Å². The minimum Gasteiger partial charge on any atom is -0.385 e. The van der Waals surface area contributed by atoms with Gasteiger partial charge in [0.25, 0.3) is 5.91 Å². The number of rotatable bonds is 9. The highest BCUT2D eigenvalue weighted by Gasteiger charge is 2.23. The van der Waals surface area contributed by atoms with Crippen molar-refractivity contribution in [2.24, 2.45) is 0 Å². The van der Waals surface area contributed by atoms with E-state index in [0.717, 1.165) is 9.72 Å². The van der Waals surface area contributed by atoms with Crippen LogP contribution in [-0.4, -0.2) is 65.4 Å². The van der Waals surface area contributed by atoms with Crippen LogP contribution < -0.4 is 4.84 Å². The SMILES string of the molecule is CCN(CC)S(=O)(=O)c1ccc2nnn(OCC(=O)N(C)Cc3cccs3)c2c1. The number of likely N-dealkylation sites (N-methyl/N-ethyl adjacent to an activating group) is 1. The van der Waals surface area contributed by atoms with Crippen molar-refractivity contribution in [3.8, 4) is 0 Å². The number of hydrogen-bond acceptors (Lipinski definition) is 7. The van der Waals surface area contributed by atoms with Crippen LogP contribution in [0.4, 0.5) is 0 Å². The minimum atomic E-state index is -3.63. The maximum Gasteiger partial charge on any atom is 0.263 e. The molecule has 3 rings (SSSR count). The third-order valence-corrected chi connectivity index (χ3v) is 7.35. The van der Waals surface area contributed by atoms with Crippen molar-refractivity contribution in [1.82, 2.24) is 24.4 Å². The Hall–Kier alpha value is -2.50. The van der Waals surface area contributed by atoms with E-state index in [1.54, 1.807) is 43.2 Å². The molecule has 0 fully saturated rings. The van der Waals surface area contributed by atoms with E-state index in [-0.39, 0.29) is 17.4 Å². The zero-order valence-electron chi connectivity index (χ0n) is 16.5. The summed E-state index contributed by atoms with van der Waals surface area (Å²) in [5, 5.41) is 9.80. The molecule has 1 aromatic carbocycles. The molecular weight excluding hydrogens is 414 g/mol. The Balaban J connectivity index is 1.75. The summed E-state index contributed by atoms with van der Waals surface area (Å²) in [4.78, 5) is 21.7. The van der Waals surface area contributed by atoms with Crippen molar-refractivity contribution in [2.45, 2.75) is 25.3 Å². The van der Waals surface area contributed by atoms with Gasteiger partial charge in [0, 0.05) is 25.0 Å². The molecule has 0 aliphatic heterocycles. The summed E-state index contributed by atoms with van der Waals surface area (Å²) >= 11 is 1.57. The molecule has 0 radical (unpaired) electrons. The number of amides is 1. The van der Waals surface area contributed by atoms with E-state index < -0.39 is 10.0 Å². The van der Waals surface area contributed by atoms with E-state index in [1.807, 2.05) is 17.5 Å². The number of hydrogen-bond donors (Lipinski definition) is 0. The number of carbonyl (C=O) groups is 1. The first-order chi connectivity index (χ1) is 13.9. The highest BCUT2D eigenvalue weighted by Crippen LogP contribution is 2.20. The quantitative estimate of drug-likeness (QED) is 0.504. The van der Waals surface area contributed by atoms with Crippen molar-refractivity contribution < 1.29 is 18.0 Å². The van der Waals surface area contributed by atoms with Crippen LogP contribution in [-0.2, 0) is 21.4 Å². The lowest BCUT2D eigenvalue weighted by atomic mass is 10.3. The molecule has 0 N–H and O–H groups in total. The fraction of sp³-hybridized carbons (Fsp3) is 0.389. The summed E-state index contributed by atoms with van der Waals surface area (Å²) in [6.07, 6.45) is 0. The standard InChI is InChI=1S/C18H23N5O4S2/c1-4-22(5-2)29(25,26)15-8-9-16-17(11-15)23(20-19-16)27-13-18(24)21(3)12-14-7-6-10-28-14/h6-11H,4-5,12-13H2,1-3H3. The summed E-state index contributed by atoms with van der Waals surface area (Å²) in [5.74, 6) is -0.228. The van der Waals surface area contributed by atoms with Crippen LogP contribution in [0.1, 0.15) is 18.7 Å². The van der Waals surface area contributed by atoms with Crippen LogP contribution in [0.15, 0.2) is 40.6 Å². The Kier molecular flexibility index (Phi) is 6.50. The average Bonchev–Trinajstić information content (AvgIpc) is 3.36. The summed E-state index contributed by atoms with van der Waals surface area (Å²) in [6, 6.07) is 8.42. The molecule has 156 valence electrons. The van der Waals surface area contributed by atoms with Crippen molar-refractivity contribution in [1.29, 1.82) is 0 Å². The van der Waals surface area contributed by atoms with Gasteiger partial charge in [-0.15, -0.1) is 16.4 Å². The first-order valence-electron chi connectivity index (χ1n) is 9.12. The van der Waals surface area contributed by atoms with Gasteiger partial charge in [0.05, 0.1) is 11.4 Å². The highest BCUT2D eigenvalue weighted by atomic mass is 32.2. The molecule has 1 amide bonds. The summed E-state index contributed by atoms with van der Waals surface area (Å²) in [5.41, 5.74) is 0.856. The first-order valence-corrected chi connectivity index (χ1v) is 11.4. The van der Waals surface area contributed by atoms with Crippen LogP contribution in [0.2, 0.25) is 0 Å². The highest BCUT2D eigenvalue weighted by molar-refractivity contribution is 7.89. The lowest BCUT2D eigenvalue weighted by molar-refractivity contribution is -0.135. The molecule has 3 aromatic rings.